The van der Waals surface area contributed by atoms with Crippen LogP contribution in [0.1, 0.15) is 21.5 Å². The van der Waals surface area contributed by atoms with E-state index in [0.29, 0.717) is 29.3 Å². The molecule has 188 valence electrons. The number of aromatic nitrogens is 5. The highest BCUT2D eigenvalue weighted by Crippen LogP contribution is 2.32. The third-order valence-corrected chi connectivity index (χ3v) is 5.78. The zero-order valence-corrected chi connectivity index (χ0v) is 19.9. The molecular weight excluding hydrogens is 509 g/mol. The van der Waals surface area contributed by atoms with Crippen molar-refractivity contribution in [2.24, 2.45) is 0 Å². The maximum atomic E-state index is 13.2. The van der Waals surface area contributed by atoms with Crippen LogP contribution < -0.4 is 10.1 Å². The van der Waals surface area contributed by atoms with Gasteiger partial charge in [-0.2, -0.15) is 18.3 Å². The van der Waals surface area contributed by atoms with E-state index in [9.17, 15) is 18.0 Å². The molecule has 2 aromatic carbocycles. The molecule has 3 aromatic heterocycles. The van der Waals surface area contributed by atoms with E-state index in [0.717, 1.165) is 17.7 Å². The van der Waals surface area contributed by atoms with Gasteiger partial charge in [-0.15, -0.1) is 0 Å². The number of pyridine rings is 1. The first-order valence-corrected chi connectivity index (χ1v) is 11.3. The van der Waals surface area contributed by atoms with Gasteiger partial charge in [0.1, 0.15) is 16.6 Å². The van der Waals surface area contributed by atoms with E-state index in [1.807, 2.05) is 12.1 Å². The summed E-state index contributed by atoms with van der Waals surface area (Å²) in [6.07, 6.45) is -3.14. The number of alkyl halides is 3. The lowest BCUT2D eigenvalue weighted by atomic mass is 10.2. The van der Waals surface area contributed by atoms with E-state index in [4.69, 9.17) is 16.3 Å². The molecule has 1 amide bonds. The molecule has 37 heavy (non-hydrogen) atoms. The predicted octanol–water partition coefficient (Wildman–Crippen LogP) is 5.80. The number of methoxy groups -OCH3 is 1. The van der Waals surface area contributed by atoms with Crippen LogP contribution in [0.2, 0.25) is 5.15 Å². The second-order valence-electron chi connectivity index (χ2n) is 8.06. The van der Waals surface area contributed by atoms with Gasteiger partial charge in [-0.1, -0.05) is 23.7 Å². The van der Waals surface area contributed by atoms with Gasteiger partial charge in [-0.3, -0.25) is 9.48 Å². The fourth-order valence-electron chi connectivity index (χ4n) is 3.70. The summed E-state index contributed by atoms with van der Waals surface area (Å²) in [5.74, 6) is 0.750. The van der Waals surface area contributed by atoms with Crippen molar-refractivity contribution in [1.82, 2.24) is 24.7 Å². The number of imidazole rings is 1. The Morgan fingerprint density at radius 2 is 1.89 bits per heavy atom. The van der Waals surface area contributed by atoms with Crippen molar-refractivity contribution in [3.8, 4) is 17.3 Å². The Labute approximate surface area is 213 Å². The second-order valence-corrected chi connectivity index (χ2v) is 8.45. The van der Waals surface area contributed by atoms with Crippen LogP contribution in [0.3, 0.4) is 0 Å². The lowest BCUT2D eigenvalue weighted by Crippen LogP contribution is -2.13. The SMILES string of the molecule is COc1ccc(Cn2nc(NC(=O)c3ccc(Cl)nc3)cc2-c2nc3ccc(C(F)(F)F)cc3[nH]2)cc1. The number of amides is 1. The van der Waals surface area contributed by atoms with Crippen molar-refractivity contribution in [2.45, 2.75) is 12.7 Å². The molecule has 0 aliphatic heterocycles. The first kappa shape index (κ1) is 24.3. The van der Waals surface area contributed by atoms with Crippen LogP contribution in [0.25, 0.3) is 22.6 Å². The highest BCUT2D eigenvalue weighted by atomic mass is 35.5. The maximum absolute atomic E-state index is 13.2. The van der Waals surface area contributed by atoms with Crippen LogP contribution in [0.4, 0.5) is 19.0 Å². The fourth-order valence-corrected chi connectivity index (χ4v) is 3.81. The molecule has 5 rings (SSSR count). The number of anilines is 1. The normalized spacial score (nSPS) is 11.6. The van der Waals surface area contributed by atoms with E-state index in [2.05, 4.69) is 25.4 Å². The van der Waals surface area contributed by atoms with Crippen molar-refractivity contribution >= 4 is 34.4 Å². The minimum absolute atomic E-state index is 0.222. The quantitative estimate of drug-likeness (QED) is 0.272. The fraction of sp³-hybridized carbons (Fsp3) is 0.120. The molecule has 3 heterocycles. The summed E-state index contributed by atoms with van der Waals surface area (Å²) in [6.45, 7) is 0.294. The Morgan fingerprint density at radius 3 is 2.57 bits per heavy atom. The van der Waals surface area contributed by atoms with E-state index in [-0.39, 0.29) is 22.1 Å². The molecule has 0 aliphatic rings. The Morgan fingerprint density at radius 1 is 1.11 bits per heavy atom. The maximum Gasteiger partial charge on any atom is 0.416 e. The molecule has 0 bridgehead atoms. The van der Waals surface area contributed by atoms with E-state index < -0.39 is 17.6 Å². The topological polar surface area (TPSA) is 97.7 Å². The van der Waals surface area contributed by atoms with Crippen molar-refractivity contribution < 1.29 is 22.7 Å². The van der Waals surface area contributed by atoms with Crippen LogP contribution >= 0.6 is 11.6 Å². The van der Waals surface area contributed by atoms with Gasteiger partial charge in [-0.25, -0.2) is 9.97 Å². The summed E-state index contributed by atoms with van der Waals surface area (Å²) in [5.41, 5.74) is 1.41. The van der Waals surface area contributed by atoms with E-state index in [1.54, 1.807) is 30.0 Å². The smallest absolute Gasteiger partial charge is 0.416 e. The number of fused-ring (bicyclic) bond motifs is 1. The Kier molecular flexibility index (Phi) is 6.30. The number of nitrogens with one attached hydrogen (secondary N) is 2. The number of halogens is 4. The summed E-state index contributed by atoms with van der Waals surface area (Å²) in [7, 11) is 1.57. The van der Waals surface area contributed by atoms with Gasteiger partial charge in [0.05, 0.1) is 35.8 Å². The van der Waals surface area contributed by atoms with Gasteiger partial charge in [0.15, 0.2) is 11.6 Å². The lowest BCUT2D eigenvalue weighted by molar-refractivity contribution is -0.137. The van der Waals surface area contributed by atoms with Crippen LogP contribution in [-0.4, -0.2) is 37.7 Å². The molecule has 0 saturated heterocycles. The van der Waals surface area contributed by atoms with Gasteiger partial charge in [0, 0.05) is 12.3 Å². The van der Waals surface area contributed by atoms with Gasteiger partial charge < -0.3 is 15.0 Å². The number of ether oxygens (including phenoxy) is 1. The summed E-state index contributed by atoms with van der Waals surface area (Å²) >= 11 is 5.79. The van der Waals surface area contributed by atoms with Gasteiger partial charge in [0.2, 0.25) is 0 Å². The standard InChI is InChI=1S/C25H18ClF3N6O2/c1-37-17-6-2-14(3-7-17)13-35-20(11-22(34-35)33-24(36)15-4-9-21(26)30-12-15)23-31-18-8-5-16(25(27,28)29)10-19(18)32-23/h2-12H,13H2,1H3,(H,31,32)(H,33,34,36). The predicted molar refractivity (Wildman–Crippen MR) is 132 cm³/mol. The highest BCUT2D eigenvalue weighted by molar-refractivity contribution is 6.29. The van der Waals surface area contributed by atoms with Gasteiger partial charge in [-0.05, 0) is 48.0 Å². The van der Waals surface area contributed by atoms with Crippen molar-refractivity contribution in [3.05, 3.63) is 88.7 Å². The number of hydrogen-bond acceptors (Lipinski definition) is 5. The van der Waals surface area contributed by atoms with Gasteiger partial charge in [0.25, 0.3) is 5.91 Å². The highest BCUT2D eigenvalue weighted by Gasteiger charge is 2.31. The molecule has 0 spiro atoms. The summed E-state index contributed by atoms with van der Waals surface area (Å²) < 4.78 is 46.3. The Hall–Kier alpha value is -4.38. The molecule has 0 aliphatic carbocycles. The van der Waals surface area contributed by atoms with Crippen LogP contribution in [0.15, 0.2) is 66.9 Å². The third-order valence-electron chi connectivity index (χ3n) is 5.55. The molecule has 0 atom stereocenters. The zero-order valence-electron chi connectivity index (χ0n) is 19.2. The first-order chi connectivity index (χ1) is 17.7. The lowest BCUT2D eigenvalue weighted by Gasteiger charge is -2.07. The monoisotopic (exact) mass is 526 g/mol. The molecule has 0 fully saturated rings. The van der Waals surface area contributed by atoms with Crippen LogP contribution in [0.5, 0.6) is 5.75 Å². The minimum Gasteiger partial charge on any atom is -0.497 e. The largest absolute Gasteiger partial charge is 0.497 e. The van der Waals surface area contributed by atoms with E-state index in [1.165, 1.54) is 24.4 Å². The Bertz CT molecular complexity index is 1580. The number of benzene rings is 2. The first-order valence-electron chi connectivity index (χ1n) is 10.9. The number of rotatable bonds is 6. The third kappa shape index (κ3) is 5.26. The van der Waals surface area contributed by atoms with Crippen LogP contribution in [-0.2, 0) is 12.7 Å². The molecule has 5 aromatic rings. The molecule has 0 saturated carbocycles. The molecule has 2 N–H and O–H groups in total. The molecule has 0 radical (unpaired) electrons. The Balaban J connectivity index is 1.52. The summed E-state index contributed by atoms with van der Waals surface area (Å²) in [6, 6.07) is 15.2. The minimum atomic E-state index is -4.48. The van der Waals surface area contributed by atoms with Crippen molar-refractivity contribution in [3.63, 3.8) is 0 Å². The number of nitrogens with zero attached hydrogens (tertiary/aromatic N) is 4. The number of H-pyrrole nitrogens is 1. The average molecular weight is 527 g/mol. The number of carbonyl (C=O) groups is 1. The molecular formula is C25H18ClF3N6O2. The number of aromatic amines is 1. The van der Waals surface area contributed by atoms with Crippen LogP contribution in [0, 0.1) is 0 Å². The molecule has 0 unspecified atom stereocenters. The second kappa shape index (κ2) is 9.58. The summed E-state index contributed by atoms with van der Waals surface area (Å²) in [4.78, 5) is 24.0. The molecule has 8 nitrogen and oxygen atoms in total. The summed E-state index contributed by atoms with van der Waals surface area (Å²) in [5, 5.41) is 7.46. The van der Waals surface area contributed by atoms with Crippen molar-refractivity contribution in [2.75, 3.05) is 12.4 Å². The number of carbonyl (C=O) groups excluding carboxylic acids is 1. The average Bonchev–Trinajstić information content (AvgIpc) is 3.47. The number of hydrogen-bond donors (Lipinski definition) is 2. The van der Waals surface area contributed by atoms with E-state index >= 15 is 0 Å². The zero-order chi connectivity index (χ0) is 26.2. The van der Waals surface area contributed by atoms with Gasteiger partial charge >= 0.3 is 6.18 Å². The molecule has 12 heteroatoms. The van der Waals surface area contributed by atoms with Crippen molar-refractivity contribution in [1.29, 1.82) is 0 Å².